The van der Waals surface area contributed by atoms with E-state index in [1.165, 1.54) is 16.8 Å². The van der Waals surface area contributed by atoms with E-state index in [4.69, 9.17) is 12.2 Å². The topological polar surface area (TPSA) is 18.5 Å². The highest BCUT2D eigenvalue weighted by molar-refractivity contribution is 7.80. The van der Waals surface area contributed by atoms with Crippen molar-refractivity contribution in [2.75, 3.05) is 31.5 Å². The van der Waals surface area contributed by atoms with E-state index in [0.717, 1.165) is 42.5 Å². The molecular weight excluding hydrogens is 357 g/mol. The number of hydrogen-bond acceptors (Lipinski definition) is 2. The summed E-state index contributed by atoms with van der Waals surface area (Å²) in [5.41, 5.74) is 1.79. The van der Waals surface area contributed by atoms with Crippen LogP contribution in [0.1, 0.15) is 5.56 Å². The minimum absolute atomic E-state index is 0.131. The summed E-state index contributed by atoms with van der Waals surface area (Å²) in [5.74, 6) is -0.131. The largest absolute Gasteiger partial charge is 0.346 e. The van der Waals surface area contributed by atoms with Gasteiger partial charge < -0.3 is 10.2 Å². The summed E-state index contributed by atoms with van der Waals surface area (Å²) in [5, 5.41) is 6.52. The van der Waals surface area contributed by atoms with E-state index in [-0.39, 0.29) is 5.82 Å². The van der Waals surface area contributed by atoms with Crippen molar-refractivity contribution in [1.82, 2.24) is 9.80 Å². The molecule has 0 bridgehead atoms. The molecule has 0 radical (unpaired) electrons. The number of rotatable bonds is 3. The highest BCUT2D eigenvalue weighted by Crippen LogP contribution is 2.23. The molecule has 5 heteroatoms. The SMILES string of the molecule is Fc1ccccc1CN1CCN(C(=S)Nc2cccc3ccccc23)CC1. The van der Waals surface area contributed by atoms with E-state index in [1.807, 2.05) is 30.3 Å². The molecule has 0 spiro atoms. The van der Waals surface area contributed by atoms with Crippen LogP contribution in [0.2, 0.25) is 0 Å². The molecule has 27 heavy (non-hydrogen) atoms. The molecule has 1 heterocycles. The Morgan fingerprint density at radius 2 is 1.59 bits per heavy atom. The number of thiocarbonyl (C=S) groups is 1. The Bertz CT molecular complexity index is 946. The van der Waals surface area contributed by atoms with E-state index >= 15 is 0 Å². The molecule has 0 amide bonds. The van der Waals surface area contributed by atoms with Gasteiger partial charge in [-0.1, -0.05) is 54.6 Å². The summed E-state index contributed by atoms with van der Waals surface area (Å²) in [6, 6.07) is 21.5. The summed E-state index contributed by atoms with van der Waals surface area (Å²) in [6.07, 6.45) is 0. The van der Waals surface area contributed by atoms with Gasteiger partial charge in [0.2, 0.25) is 0 Å². The molecule has 0 atom stereocenters. The molecule has 138 valence electrons. The smallest absolute Gasteiger partial charge is 0.173 e. The molecule has 1 N–H and O–H groups in total. The maximum atomic E-state index is 13.9. The number of halogens is 1. The Labute approximate surface area is 164 Å². The van der Waals surface area contributed by atoms with Gasteiger partial charge in [-0.25, -0.2) is 4.39 Å². The molecule has 0 aliphatic carbocycles. The zero-order chi connectivity index (χ0) is 18.6. The first-order valence-corrected chi connectivity index (χ1v) is 9.61. The number of nitrogens with one attached hydrogen (secondary N) is 1. The van der Waals surface area contributed by atoms with Gasteiger partial charge in [0.15, 0.2) is 5.11 Å². The van der Waals surface area contributed by atoms with Crippen LogP contribution >= 0.6 is 12.2 Å². The average Bonchev–Trinajstić information content (AvgIpc) is 2.70. The van der Waals surface area contributed by atoms with Gasteiger partial charge in [-0.3, -0.25) is 4.90 Å². The van der Waals surface area contributed by atoms with Gasteiger partial charge in [0.05, 0.1) is 0 Å². The van der Waals surface area contributed by atoms with Crippen LogP contribution in [0.15, 0.2) is 66.7 Å². The van der Waals surface area contributed by atoms with Crippen LogP contribution in [-0.2, 0) is 6.54 Å². The third-order valence-electron chi connectivity index (χ3n) is 5.04. The van der Waals surface area contributed by atoms with Crippen LogP contribution in [0.25, 0.3) is 10.8 Å². The van der Waals surface area contributed by atoms with E-state index in [9.17, 15) is 4.39 Å². The van der Waals surface area contributed by atoms with Crippen LogP contribution in [0.4, 0.5) is 10.1 Å². The molecule has 4 rings (SSSR count). The monoisotopic (exact) mass is 379 g/mol. The van der Waals surface area contributed by atoms with E-state index in [2.05, 4.69) is 39.4 Å². The van der Waals surface area contributed by atoms with Gasteiger partial charge in [0, 0.05) is 49.4 Å². The van der Waals surface area contributed by atoms with E-state index in [0.29, 0.717) is 6.54 Å². The normalized spacial score (nSPS) is 15.1. The van der Waals surface area contributed by atoms with E-state index < -0.39 is 0 Å². The highest BCUT2D eigenvalue weighted by Gasteiger charge is 2.20. The van der Waals surface area contributed by atoms with Crippen molar-refractivity contribution in [3.8, 4) is 0 Å². The predicted molar refractivity (Wildman–Crippen MR) is 113 cm³/mol. The second-order valence-electron chi connectivity index (χ2n) is 6.81. The molecular formula is C22H22FN3S. The minimum atomic E-state index is -0.131. The fourth-order valence-electron chi connectivity index (χ4n) is 3.51. The van der Waals surface area contributed by atoms with E-state index in [1.54, 1.807) is 6.07 Å². The molecule has 1 aliphatic rings. The molecule has 3 aromatic rings. The number of hydrogen-bond donors (Lipinski definition) is 1. The first-order chi connectivity index (χ1) is 13.2. The fourth-order valence-corrected chi connectivity index (χ4v) is 3.80. The van der Waals surface area contributed by atoms with Gasteiger partial charge in [-0.2, -0.15) is 0 Å². The Hall–Kier alpha value is -2.50. The number of piperazine rings is 1. The lowest BCUT2D eigenvalue weighted by atomic mass is 10.1. The lowest BCUT2D eigenvalue weighted by molar-refractivity contribution is 0.175. The van der Waals surface area contributed by atoms with Crippen LogP contribution in [-0.4, -0.2) is 41.1 Å². The summed E-state index contributed by atoms with van der Waals surface area (Å²) < 4.78 is 13.9. The quantitative estimate of drug-likeness (QED) is 0.676. The Balaban J connectivity index is 1.37. The molecule has 1 fully saturated rings. The zero-order valence-corrected chi connectivity index (χ0v) is 15.9. The van der Waals surface area contributed by atoms with Gasteiger partial charge in [-0.15, -0.1) is 0 Å². The molecule has 1 aliphatic heterocycles. The van der Waals surface area contributed by atoms with Gasteiger partial charge >= 0.3 is 0 Å². The molecule has 0 unspecified atom stereocenters. The zero-order valence-electron chi connectivity index (χ0n) is 15.1. The highest BCUT2D eigenvalue weighted by atomic mass is 32.1. The summed E-state index contributed by atoms with van der Waals surface area (Å²) >= 11 is 5.64. The van der Waals surface area contributed by atoms with Crippen molar-refractivity contribution in [1.29, 1.82) is 0 Å². The molecule has 3 aromatic carbocycles. The van der Waals surface area contributed by atoms with Gasteiger partial charge in [-0.05, 0) is 29.7 Å². The van der Waals surface area contributed by atoms with Crippen molar-refractivity contribution in [2.24, 2.45) is 0 Å². The molecule has 0 aromatic heterocycles. The molecule has 3 nitrogen and oxygen atoms in total. The second-order valence-corrected chi connectivity index (χ2v) is 7.20. The first-order valence-electron chi connectivity index (χ1n) is 9.20. The average molecular weight is 380 g/mol. The maximum absolute atomic E-state index is 13.9. The minimum Gasteiger partial charge on any atom is -0.346 e. The van der Waals surface area contributed by atoms with Crippen LogP contribution in [0.3, 0.4) is 0 Å². The predicted octanol–water partition coefficient (Wildman–Crippen LogP) is 4.49. The Kier molecular flexibility index (Phi) is 5.32. The Morgan fingerprint density at radius 1 is 0.889 bits per heavy atom. The fraction of sp³-hybridized carbons (Fsp3) is 0.227. The Morgan fingerprint density at radius 3 is 2.41 bits per heavy atom. The lowest BCUT2D eigenvalue weighted by Gasteiger charge is -2.36. The summed E-state index contributed by atoms with van der Waals surface area (Å²) in [7, 11) is 0. The van der Waals surface area contributed by atoms with Crippen LogP contribution < -0.4 is 5.32 Å². The van der Waals surface area contributed by atoms with Crippen molar-refractivity contribution in [2.45, 2.75) is 6.54 Å². The van der Waals surface area contributed by atoms with Crippen molar-refractivity contribution < 1.29 is 4.39 Å². The first kappa shape index (κ1) is 17.9. The van der Waals surface area contributed by atoms with Crippen molar-refractivity contribution in [3.05, 3.63) is 78.1 Å². The summed E-state index contributed by atoms with van der Waals surface area (Å²) in [6.45, 7) is 4.05. The molecule has 1 saturated heterocycles. The number of anilines is 1. The van der Waals surface area contributed by atoms with Crippen molar-refractivity contribution in [3.63, 3.8) is 0 Å². The third-order valence-corrected chi connectivity index (χ3v) is 5.40. The van der Waals surface area contributed by atoms with Crippen LogP contribution in [0.5, 0.6) is 0 Å². The maximum Gasteiger partial charge on any atom is 0.173 e. The standard InChI is InChI=1S/C22H22FN3S/c23-20-10-4-2-7-18(20)16-25-12-14-26(15-13-25)22(27)24-21-11-5-8-17-6-1-3-9-19(17)21/h1-11H,12-16H2,(H,24,27). The number of benzene rings is 3. The number of nitrogens with zero attached hydrogens (tertiary/aromatic N) is 2. The van der Waals surface area contributed by atoms with Crippen molar-refractivity contribution >= 4 is 33.8 Å². The lowest BCUT2D eigenvalue weighted by Crippen LogP contribution is -2.49. The third kappa shape index (κ3) is 4.10. The second kappa shape index (κ2) is 8.03. The van der Waals surface area contributed by atoms with Gasteiger partial charge in [0.1, 0.15) is 5.82 Å². The summed E-state index contributed by atoms with van der Waals surface area (Å²) in [4.78, 5) is 4.46. The number of fused-ring (bicyclic) bond motifs is 1. The van der Waals surface area contributed by atoms with Crippen LogP contribution in [0, 0.1) is 5.82 Å². The van der Waals surface area contributed by atoms with Gasteiger partial charge in [0.25, 0.3) is 0 Å². The molecule has 0 saturated carbocycles.